The van der Waals surface area contributed by atoms with Crippen LogP contribution >= 0.6 is 0 Å². The molecular formula is C7H9N2O. The summed E-state index contributed by atoms with van der Waals surface area (Å²) in [6, 6.07) is 4.00. The van der Waals surface area contributed by atoms with E-state index >= 15 is 0 Å². The average Bonchev–Trinajstić information content (AvgIpc) is 2.59. The minimum Gasteiger partial charge on any atom is -0.355 e. The highest BCUT2D eigenvalue weighted by atomic mass is 16.5. The maximum Gasteiger partial charge on any atom is 0.149 e. The highest BCUT2D eigenvalue weighted by molar-refractivity contribution is 4.93. The number of nitrogens with one attached hydrogen (secondary N) is 1. The van der Waals surface area contributed by atoms with Gasteiger partial charge in [0.1, 0.15) is 12.9 Å². The smallest absolute Gasteiger partial charge is 0.149 e. The number of hydrogen-bond donors (Lipinski definition) is 1. The first-order chi connectivity index (χ1) is 4.97. The van der Waals surface area contributed by atoms with Crippen molar-refractivity contribution < 1.29 is 4.74 Å². The molecule has 1 aromatic rings. The van der Waals surface area contributed by atoms with Gasteiger partial charge in [-0.15, -0.1) is 0 Å². The first kappa shape index (κ1) is 5.95. The highest BCUT2D eigenvalue weighted by Gasteiger charge is 2.14. The van der Waals surface area contributed by atoms with Crippen LogP contribution in [0.15, 0.2) is 24.5 Å². The topological polar surface area (TPSA) is 26.2 Å². The quantitative estimate of drug-likeness (QED) is 0.617. The monoisotopic (exact) mass is 137 g/mol. The Balaban J connectivity index is 2.12. The number of aromatic nitrogens is 1. The van der Waals surface area contributed by atoms with Crippen molar-refractivity contribution >= 4 is 0 Å². The molecule has 1 fully saturated rings. The summed E-state index contributed by atoms with van der Waals surface area (Å²) < 4.78 is 7.10. The zero-order valence-corrected chi connectivity index (χ0v) is 5.53. The minimum atomic E-state index is 0.287. The predicted octanol–water partition coefficient (Wildman–Crippen LogP) is 0.726. The van der Waals surface area contributed by atoms with E-state index < -0.39 is 0 Å². The van der Waals surface area contributed by atoms with Gasteiger partial charge in [-0.3, -0.25) is 5.32 Å². The molecule has 3 heteroatoms. The van der Waals surface area contributed by atoms with Gasteiger partial charge in [-0.05, 0) is 12.1 Å². The van der Waals surface area contributed by atoms with Crippen LogP contribution in [0.2, 0.25) is 0 Å². The van der Waals surface area contributed by atoms with Crippen LogP contribution in [0.3, 0.4) is 0 Å². The fourth-order valence-corrected chi connectivity index (χ4v) is 1.04. The Morgan fingerprint density at radius 3 is 2.80 bits per heavy atom. The van der Waals surface area contributed by atoms with Crippen LogP contribution < -0.4 is 5.32 Å². The van der Waals surface area contributed by atoms with Crippen LogP contribution in [0.1, 0.15) is 6.17 Å². The molecule has 2 heterocycles. The summed E-state index contributed by atoms with van der Waals surface area (Å²) in [6.45, 7) is 2.35. The summed E-state index contributed by atoms with van der Waals surface area (Å²) in [5.74, 6) is 0. The number of rotatable bonds is 1. The molecule has 0 aromatic carbocycles. The summed E-state index contributed by atoms with van der Waals surface area (Å²) in [5, 5.41) is 3.07. The molecule has 1 aliphatic rings. The van der Waals surface area contributed by atoms with Crippen LogP contribution in [0.4, 0.5) is 0 Å². The summed E-state index contributed by atoms with van der Waals surface area (Å²) in [4.78, 5) is 0. The van der Waals surface area contributed by atoms with E-state index in [1.54, 1.807) is 6.73 Å². The molecule has 1 aromatic heterocycles. The van der Waals surface area contributed by atoms with E-state index in [-0.39, 0.29) is 6.17 Å². The lowest BCUT2D eigenvalue weighted by molar-refractivity contribution is 0.234. The lowest BCUT2D eigenvalue weighted by atomic mass is 10.5. The third kappa shape index (κ3) is 0.936. The van der Waals surface area contributed by atoms with Crippen LogP contribution in [0.25, 0.3) is 0 Å². The van der Waals surface area contributed by atoms with Crippen molar-refractivity contribution in [1.29, 1.82) is 0 Å². The largest absolute Gasteiger partial charge is 0.355 e. The minimum absolute atomic E-state index is 0.287. The summed E-state index contributed by atoms with van der Waals surface area (Å²) in [6.07, 6.45) is 4.32. The Labute approximate surface area is 59.6 Å². The second-order valence-electron chi connectivity index (χ2n) is 2.26. The van der Waals surface area contributed by atoms with E-state index in [2.05, 4.69) is 9.88 Å². The van der Waals surface area contributed by atoms with Gasteiger partial charge in [0.15, 0.2) is 0 Å². The van der Waals surface area contributed by atoms with Gasteiger partial charge < -0.3 is 9.30 Å². The molecule has 0 spiro atoms. The molecule has 3 nitrogen and oxygen atoms in total. The molecule has 0 saturated carbocycles. The van der Waals surface area contributed by atoms with Gasteiger partial charge >= 0.3 is 0 Å². The van der Waals surface area contributed by atoms with Gasteiger partial charge in [-0.1, -0.05) is 0 Å². The van der Waals surface area contributed by atoms with Crippen molar-refractivity contribution in [3.8, 4) is 0 Å². The number of nitrogens with zero attached hydrogens (tertiary/aromatic N) is 1. The van der Waals surface area contributed by atoms with E-state index in [0.29, 0.717) is 6.61 Å². The molecule has 10 heavy (non-hydrogen) atoms. The van der Waals surface area contributed by atoms with E-state index in [9.17, 15) is 0 Å². The average molecular weight is 137 g/mol. The standard InChI is InChI=1S/C7H9N2O/c1-2-4-9(3-1)7-5-10-6-8-7/h1-4,6-8H,5H2. The maximum atomic E-state index is 5.02. The van der Waals surface area contributed by atoms with Crippen molar-refractivity contribution in [2.75, 3.05) is 6.61 Å². The molecule has 0 amide bonds. The molecule has 1 saturated heterocycles. The van der Waals surface area contributed by atoms with Gasteiger partial charge in [-0.25, -0.2) is 0 Å². The third-order valence-corrected chi connectivity index (χ3v) is 1.59. The lowest BCUT2D eigenvalue weighted by Crippen LogP contribution is -2.18. The second kappa shape index (κ2) is 2.44. The molecule has 0 bridgehead atoms. The molecule has 1 unspecified atom stereocenters. The molecule has 53 valence electrons. The van der Waals surface area contributed by atoms with Gasteiger partial charge in [0, 0.05) is 12.4 Å². The first-order valence-corrected chi connectivity index (χ1v) is 3.28. The van der Waals surface area contributed by atoms with Crippen molar-refractivity contribution in [2.45, 2.75) is 6.17 Å². The highest BCUT2D eigenvalue weighted by Crippen LogP contribution is 2.09. The first-order valence-electron chi connectivity index (χ1n) is 3.28. The maximum absolute atomic E-state index is 5.02. The summed E-state index contributed by atoms with van der Waals surface area (Å²) in [7, 11) is 0. The molecule has 1 aliphatic heterocycles. The van der Waals surface area contributed by atoms with Crippen LogP contribution in [0, 0.1) is 6.73 Å². The zero-order chi connectivity index (χ0) is 6.81. The predicted molar refractivity (Wildman–Crippen MR) is 36.9 cm³/mol. The van der Waals surface area contributed by atoms with E-state index in [4.69, 9.17) is 4.74 Å². The molecular weight excluding hydrogens is 128 g/mol. The number of hydrogen-bond acceptors (Lipinski definition) is 2. The Morgan fingerprint density at radius 1 is 1.40 bits per heavy atom. The van der Waals surface area contributed by atoms with Gasteiger partial charge in [0.2, 0.25) is 0 Å². The molecule has 0 aliphatic carbocycles. The zero-order valence-electron chi connectivity index (χ0n) is 5.53. The van der Waals surface area contributed by atoms with Crippen LogP contribution in [-0.4, -0.2) is 11.2 Å². The summed E-state index contributed by atoms with van der Waals surface area (Å²) >= 11 is 0. The summed E-state index contributed by atoms with van der Waals surface area (Å²) in [5.41, 5.74) is 0. The van der Waals surface area contributed by atoms with Gasteiger partial charge in [0.05, 0.1) is 6.61 Å². The van der Waals surface area contributed by atoms with E-state index in [1.165, 1.54) is 0 Å². The van der Waals surface area contributed by atoms with Crippen LogP contribution in [-0.2, 0) is 4.74 Å². The molecule has 1 radical (unpaired) electrons. The van der Waals surface area contributed by atoms with E-state index in [1.807, 2.05) is 24.5 Å². The van der Waals surface area contributed by atoms with E-state index in [0.717, 1.165) is 0 Å². The Morgan fingerprint density at radius 2 is 2.20 bits per heavy atom. The SMILES string of the molecule is [CH]1NC(n2cccc2)CO1. The lowest BCUT2D eigenvalue weighted by Gasteiger charge is -2.08. The normalized spacial score (nSPS) is 25.4. The Bertz CT molecular complexity index is 189. The van der Waals surface area contributed by atoms with Crippen molar-refractivity contribution in [1.82, 2.24) is 9.88 Å². The number of ether oxygens (including phenoxy) is 1. The third-order valence-electron chi connectivity index (χ3n) is 1.59. The second-order valence-corrected chi connectivity index (χ2v) is 2.26. The fourth-order valence-electron chi connectivity index (χ4n) is 1.04. The molecule has 1 atom stereocenters. The van der Waals surface area contributed by atoms with Gasteiger partial charge in [-0.2, -0.15) is 0 Å². The Hall–Kier alpha value is -0.800. The van der Waals surface area contributed by atoms with Crippen LogP contribution in [0.5, 0.6) is 0 Å². The molecule has 1 N–H and O–H groups in total. The van der Waals surface area contributed by atoms with Crippen molar-refractivity contribution in [2.24, 2.45) is 0 Å². The van der Waals surface area contributed by atoms with Crippen molar-refractivity contribution in [3.05, 3.63) is 31.3 Å². The Kier molecular flexibility index (Phi) is 1.45. The fraction of sp³-hybridized carbons (Fsp3) is 0.286. The van der Waals surface area contributed by atoms with Gasteiger partial charge in [0.25, 0.3) is 0 Å². The van der Waals surface area contributed by atoms with Crippen molar-refractivity contribution in [3.63, 3.8) is 0 Å². The molecule has 2 rings (SSSR count).